The number of hydrazone groups is 1. The van der Waals surface area contributed by atoms with Crippen molar-refractivity contribution in [2.75, 3.05) is 13.2 Å². The second-order valence-corrected chi connectivity index (χ2v) is 3.39. The van der Waals surface area contributed by atoms with Gasteiger partial charge in [0.1, 0.15) is 0 Å². The Balaban J connectivity index is 2.18. The maximum absolute atomic E-state index is 11.6. The maximum Gasteiger partial charge on any atom is 0.355 e. The third-order valence-electron chi connectivity index (χ3n) is 2.35. The summed E-state index contributed by atoms with van der Waals surface area (Å²) in [5.74, 6) is -0.483. The predicted octanol–water partition coefficient (Wildman–Crippen LogP) is 0.688. The molecule has 1 atom stereocenters. The van der Waals surface area contributed by atoms with E-state index in [4.69, 9.17) is 4.74 Å². The van der Waals surface area contributed by atoms with Gasteiger partial charge in [-0.15, -0.1) is 0 Å². The third kappa shape index (κ3) is 2.03. The summed E-state index contributed by atoms with van der Waals surface area (Å²) in [4.78, 5) is 15.8. The van der Waals surface area contributed by atoms with Gasteiger partial charge in [-0.25, -0.2) is 4.79 Å². The molecule has 84 valence electrons. The molecule has 0 saturated carbocycles. The first-order chi connectivity index (χ1) is 7.83. The van der Waals surface area contributed by atoms with Crippen LogP contribution in [0.15, 0.2) is 29.5 Å². The largest absolute Gasteiger partial charge is 0.461 e. The Bertz CT molecular complexity index is 403. The molecule has 16 heavy (non-hydrogen) atoms. The highest BCUT2D eigenvalue weighted by Crippen LogP contribution is 2.18. The summed E-state index contributed by atoms with van der Waals surface area (Å²) in [7, 11) is 0. The Morgan fingerprint density at radius 2 is 2.50 bits per heavy atom. The first kappa shape index (κ1) is 10.6. The Kier molecular flexibility index (Phi) is 3.14. The second kappa shape index (κ2) is 4.74. The number of rotatable bonds is 3. The topological polar surface area (TPSA) is 63.6 Å². The van der Waals surface area contributed by atoms with E-state index in [0.717, 1.165) is 5.69 Å². The molecule has 2 heterocycles. The molecule has 1 aliphatic rings. The van der Waals surface area contributed by atoms with Crippen LogP contribution < -0.4 is 5.43 Å². The van der Waals surface area contributed by atoms with Crippen molar-refractivity contribution in [3.63, 3.8) is 0 Å². The number of esters is 1. The minimum atomic E-state index is -0.372. The summed E-state index contributed by atoms with van der Waals surface area (Å²) in [6.07, 6.45) is 1.70. The number of ether oxygens (including phenoxy) is 1. The van der Waals surface area contributed by atoms with Gasteiger partial charge in [0.25, 0.3) is 0 Å². The quantitative estimate of drug-likeness (QED) is 0.759. The van der Waals surface area contributed by atoms with E-state index in [-0.39, 0.29) is 11.9 Å². The van der Waals surface area contributed by atoms with Crippen molar-refractivity contribution in [3.8, 4) is 0 Å². The zero-order chi connectivity index (χ0) is 11.4. The van der Waals surface area contributed by atoms with Gasteiger partial charge in [-0.1, -0.05) is 6.07 Å². The van der Waals surface area contributed by atoms with E-state index in [1.54, 1.807) is 13.1 Å². The van der Waals surface area contributed by atoms with Gasteiger partial charge >= 0.3 is 5.97 Å². The van der Waals surface area contributed by atoms with Gasteiger partial charge in [0.05, 0.1) is 18.2 Å². The minimum Gasteiger partial charge on any atom is -0.461 e. The molecule has 0 fully saturated rings. The molecule has 0 spiro atoms. The molecule has 0 amide bonds. The highest BCUT2D eigenvalue weighted by Gasteiger charge is 2.30. The summed E-state index contributed by atoms with van der Waals surface area (Å²) in [5.41, 5.74) is 4.04. The molecule has 1 aromatic heterocycles. The van der Waals surface area contributed by atoms with Crippen LogP contribution in [0.1, 0.15) is 18.5 Å². The molecule has 5 heteroatoms. The third-order valence-corrected chi connectivity index (χ3v) is 2.35. The number of hydrogen-bond acceptors (Lipinski definition) is 5. The smallest absolute Gasteiger partial charge is 0.355 e. The molecule has 5 nitrogen and oxygen atoms in total. The fourth-order valence-corrected chi connectivity index (χ4v) is 1.62. The van der Waals surface area contributed by atoms with Gasteiger partial charge in [-0.3, -0.25) is 4.98 Å². The van der Waals surface area contributed by atoms with Gasteiger partial charge in [-0.2, -0.15) is 5.10 Å². The fourth-order valence-electron chi connectivity index (χ4n) is 1.62. The average molecular weight is 219 g/mol. The monoisotopic (exact) mass is 219 g/mol. The Labute approximate surface area is 93.5 Å². The molecular weight excluding hydrogens is 206 g/mol. The average Bonchev–Trinajstić information content (AvgIpc) is 2.79. The van der Waals surface area contributed by atoms with Crippen LogP contribution in [0.3, 0.4) is 0 Å². The van der Waals surface area contributed by atoms with Crippen LogP contribution in [-0.4, -0.2) is 29.8 Å². The van der Waals surface area contributed by atoms with E-state index in [1.807, 2.05) is 18.2 Å². The van der Waals surface area contributed by atoms with Crippen molar-refractivity contribution in [2.24, 2.45) is 5.10 Å². The SMILES string of the molecule is CCOC(=O)C1=NNC[C@H]1c1ccccn1. The molecule has 0 bridgehead atoms. The second-order valence-electron chi connectivity index (χ2n) is 3.39. The standard InChI is InChI=1S/C11H13N3O2/c1-2-16-11(15)10-8(7-13-14-10)9-5-3-4-6-12-9/h3-6,8,13H,2,7H2,1H3/t8-/m0/s1. The zero-order valence-corrected chi connectivity index (χ0v) is 9.01. The van der Waals surface area contributed by atoms with Crippen LogP contribution in [0.4, 0.5) is 0 Å². The summed E-state index contributed by atoms with van der Waals surface area (Å²) in [5, 5.41) is 3.96. The summed E-state index contributed by atoms with van der Waals surface area (Å²) in [6.45, 7) is 2.72. The Morgan fingerprint density at radius 1 is 1.62 bits per heavy atom. The first-order valence-electron chi connectivity index (χ1n) is 5.21. The molecule has 0 saturated heterocycles. The number of hydrogen-bond donors (Lipinski definition) is 1. The van der Waals surface area contributed by atoms with Gasteiger partial charge in [0.15, 0.2) is 5.71 Å². The molecule has 1 aliphatic heterocycles. The number of carbonyl (C=O) groups excluding carboxylic acids is 1. The molecule has 1 N–H and O–H groups in total. The van der Waals surface area contributed by atoms with Crippen molar-refractivity contribution in [3.05, 3.63) is 30.1 Å². The summed E-state index contributed by atoms with van der Waals surface area (Å²) >= 11 is 0. The molecule has 0 aliphatic carbocycles. The van der Waals surface area contributed by atoms with Crippen LogP contribution in [-0.2, 0) is 9.53 Å². The Hall–Kier alpha value is -1.91. The Morgan fingerprint density at radius 3 is 3.19 bits per heavy atom. The van der Waals surface area contributed by atoms with Crippen LogP contribution in [0, 0.1) is 0 Å². The van der Waals surface area contributed by atoms with Crippen molar-refractivity contribution in [2.45, 2.75) is 12.8 Å². The lowest BCUT2D eigenvalue weighted by Crippen LogP contribution is -2.24. The molecule has 0 radical (unpaired) electrons. The zero-order valence-electron chi connectivity index (χ0n) is 9.01. The van der Waals surface area contributed by atoms with Crippen molar-refractivity contribution < 1.29 is 9.53 Å². The maximum atomic E-state index is 11.6. The highest BCUT2D eigenvalue weighted by atomic mass is 16.5. The van der Waals surface area contributed by atoms with E-state index >= 15 is 0 Å². The number of aromatic nitrogens is 1. The highest BCUT2D eigenvalue weighted by molar-refractivity contribution is 6.39. The van der Waals surface area contributed by atoms with Crippen LogP contribution in [0.25, 0.3) is 0 Å². The number of nitrogens with one attached hydrogen (secondary N) is 1. The molecule has 1 aromatic rings. The summed E-state index contributed by atoms with van der Waals surface area (Å²) in [6, 6.07) is 5.61. The van der Waals surface area contributed by atoms with E-state index in [1.165, 1.54) is 0 Å². The van der Waals surface area contributed by atoms with Crippen molar-refractivity contribution in [1.29, 1.82) is 0 Å². The van der Waals surface area contributed by atoms with E-state index in [2.05, 4.69) is 15.5 Å². The van der Waals surface area contributed by atoms with E-state index < -0.39 is 0 Å². The van der Waals surface area contributed by atoms with Crippen LogP contribution >= 0.6 is 0 Å². The molecule has 0 unspecified atom stereocenters. The van der Waals surface area contributed by atoms with Crippen LogP contribution in [0.2, 0.25) is 0 Å². The molecular formula is C11H13N3O2. The summed E-state index contributed by atoms with van der Waals surface area (Å²) < 4.78 is 4.94. The number of pyridine rings is 1. The van der Waals surface area contributed by atoms with Gasteiger partial charge in [0.2, 0.25) is 0 Å². The minimum absolute atomic E-state index is 0.111. The van der Waals surface area contributed by atoms with E-state index in [0.29, 0.717) is 18.9 Å². The molecule has 2 rings (SSSR count). The predicted molar refractivity (Wildman–Crippen MR) is 59.0 cm³/mol. The van der Waals surface area contributed by atoms with Gasteiger partial charge in [0, 0.05) is 12.7 Å². The lowest BCUT2D eigenvalue weighted by atomic mass is 10.00. The van der Waals surface area contributed by atoms with Crippen molar-refractivity contribution >= 4 is 11.7 Å². The first-order valence-corrected chi connectivity index (χ1v) is 5.21. The van der Waals surface area contributed by atoms with Gasteiger partial charge < -0.3 is 10.2 Å². The lowest BCUT2D eigenvalue weighted by molar-refractivity contribution is -0.135. The number of carbonyl (C=O) groups is 1. The fraction of sp³-hybridized carbons (Fsp3) is 0.364. The van der Waals surface area contributed by atoms with Crippen LogP contribution in [0.5, 0.6) is 0 Å². The lowest BCUT2D eigenvalue weighted by Gasteiger charge is -2.09. The molecule has 0 aromatic carbocycles. The normalized spacial score (nSPS) is 18.8. The van der Waals surface area contributed by atoms with E-state index in [9.17, 15) is 4.79 Å². The van der Waals surface area contributed by atoms with Gasteiger partial charge in [-0.05, 0) is 19.1 Å². The van der Waals surface area contributed by atoms with Crippen molar-refractivity contribution in [1.82, 2.24) is 10.4 Å². The number of nitrogens with zero attached hydrogens (tertiary/aromatic N) is 2.